The number of benzene rings is 3. The summed E-state index contributed by atoms with van der Waals surface area (Å²) in [5.74, 6) is -0.391. The predicted octanol–water partition coefficient (Wildman–Crippen LogP) is 4.52. The molecular weight excluding hydrogens is 408 g/mol. The van der Waals surface area contributed by atoms with Crippen LogP contribution in [0.3, 0.4) is 0 Å². The van der Waals surface area contributed by atoms with Crippen LogP contribution in [0, 0.1) is 19.8 Å². The van der Waals surface area contributed by atoms with Crippen LogP contribution in [0.4, 0.5) is 5.69 Å². The van der Waals surface area contributed by atoms with E-state index in [0.29, 0.717) is 19.4 Å². The van der Waals surface area contributed by atoms with E-state index in [2.05, 4.69) is 0 Å². The Kier molecular flexibility index (Phi) is 5.86. The number of rotatable bonds is 4. The Hall–Kier alpha value is -2.70. The normalized spacial score (nSPS) is 17.6. The van der Waals surface area contributed by atoms with E-state index in [9.17, 15) is 13.2 Å². The van der Waals surface area contributed by atoms with E-state index < -0.39 is 10.0 Å². The number of piperidine rings is 1. The molecule has 0 radical (unpaired) electrons. The van der Waals surface area contributed by atoms with Gasteiger partial charge in [-0.1, -0.05) is 36.4 Å². The molecule has 31 heavy (non-hydrogen) atoms. The highest BCUT2D eigenvalue weighted by atomic mass is 32.2. The number of hydrogen-bond donors (Lipinski definition) is 0. The van der Waals surface area contributed by atoms with Crippen LogP contribution in [0.5, 0.6) is 0 Å². The zero-order valence-corrected chi connectivity index (χ0v) is 19.0. The van der Waals surface area contributed by atoms with E-state index in [-0.39, 0.29) is 23.3 Å². The van der Waals surface area contributed by atoms with Crippen LogP contribution in [0.2, 0.25) is 0 Å². The Balaban J connectivity index is 1.55. The molecule has 1 aliphatic heterocycles. The predicted molar refractivity (Wildman–Crippen MR) is 125 cm³/mol. The van der Waals surface area contributed by atoms with Crippen molar-refractivity contribution in [2.24, 2.45) is 5.92 Å². The second-order valence-corrected chi connectivity index (χ2v) is 10.3. The van der Waals surface area contributed by atoms with Gasteiger partial charge < -0.3 is 4.90 Å². The van der Waals surface area contributed by atoms with Crippen LogP contribution in [-0.4, -0.2) is 38.8 Å². The zero-order chi connectivity index (χ0) is 22.2. The maximum atomic E-state index is 13.3. The SMILES string of the molecule is Cc1ccc(N(C)C(=O)C2CCCN(S(=O)(=O)c3ccc4ccccc4c3)C2)cc1C. The minimum atomic E-state index is -3.66. The molecule has 1 saturated heterocycles. The van der Waals surface area contributed by atoms with Crippen molar-refractivity contribution in [1.29, 1.82) is 0 Å². The monoisotopic (exact) mass is 436 g/mol. The van der Waals surface area contributed by atoms with Gasteiger partial charge in [-0.15, -0.1) is 0 Å². The van der Waals surface area contributed by atoms with Gasteiger partial charge in [-0.2, -0.15) is 4.31 Å². The molecule has 1 amide bonds. The molecule has 0 aromatic heterocycles. The van der Waals surface area contributed by atoms with Crippen molar-refractivity contribution in [1.82, 2.24) is 4.31 Å². The first-order chi connectivity index (χ1) is 14.8. The molecule has 1 atom stereocenters. The second-order valence-electron chi connectivity index (χ2n) is 8.38. The Morgan fingerprint density at radius 2 is 1.71 bits per heavy atom. The Bertz CT molecular complexity index is 1240. The molecule has 1 unspecified atom stereocenters. The summed E-state index contributed by atoms with van der Waals surface area (Å²) < 4.78 is 28.1. The molecule has 3 aromatic carbocycles. The van der Waals surface area contributed by atoms with Crippen molar-refractivity contribution in [2.45, 2.75) is 31.6 Å². The first-order valence-corrected chi connectivity index (χ1v) is 12.0. The summed E-state index contributed by atoms with van der Waals surface area (Å²) in [4.78, 5) is 15.1. The van der Waals surface area contributed by atoms with Gasteiger partial charge >= 0.3 is 0 Å². The lowest BCUT2D eigenvalue weighted by Crippen LogP contribution is -2.46. The third-order valence-corrected chi connectivity index (χ3v) is 8.16. The average molecular weight is 437 g/mol. The Labute approximate surface area is 184 Å². The first-order valence-electron chi connectivity index (χ1n) is 10.6. The van der Waals surface area contributed by atoms with Gasteiger partial charge in [-0.05, 0) is 72.9 Å². The number of sulfonamides is 1. The van der Waals surface area contributed by atoms with Crippen molar-refractivity contribution in [3.63, 3.8) is 0 Å². The number of nitrogens with zero attached hydrogens (tertiary/aromatic N) is 2. The highest BCUT2D eigenvalue weighted by Crippen LogP contribution is 2.28. The number of aryl methyl sites for hydroxylation is 2. The van der Waals surface area contributed by atoms with E-state index in [4.69, 9.17) is 0 Å². The van der Waals surface area contributed by atoms with Crippen LogP contribution in [0.1, 0.15) is 24.0 Å². The van der Waals surface area contributed by atoms with Crippen molar-refractivity contribution >= 4 is 32.4 Å². The Morgan fingerprint density at radius 1 is 0.968 bits per heavy atom. The van der Waals surface area contributed by atoms with E-state index in [0.717, 1.165) is 22.0 Å². The summed E-state index contributed by atoms with van der Waals surface area (Å²) in [5.41, 5.74) is 3.14. The number of anilines is 1. The molecule has 4 rings (SSSR count). The second kappa shape index (κ2) is 8.44. The van der Waals surface area contributed by atoms with E-state index in [1.807, 2.05) is 62.4 Å². The largest absolute Gasteiger partial charge is 0.315 e. The zero-order valence-electron chi connectivity index (χ0n) is 18.2. The van der Waals surface area contributed by atoms with Gasteiger partial charge in [0.05, 0.1) is 10.8 Å². The van der Waals surface area contributed by atoms with Crippen LogP contribution in [0.15, 0.2) is 65.6 Å². The highest BCUT2D eigenvalue weighted by molar-refractivity contribution is 7.89. The average Bonchev–Trinajstić information content (AvgIpc) is 2.79. The van der Waals surface area contributed by atoms with Crippen molar-refractivity contribution in [3.05, 3.63) is 71.8 Å². The molecule has 162 valence electrons. The molecule has 0 saturated carbocycles. The van der Waals surface area contributed by atoms with Crippen molar-refractivity contribution in [3.8, 4) is 0 Å². The van der Waals surface area contributed by atoms with E-state index in [1.165, 1.54) is 9.87 Å². The molecule has 1 heterocycles. The summed E-state index contributed by atoms with van der Waals surface area (Å²) >= 11 is 0. The molecule has 1 fully saturated rings. The van der Waals surface area contributed by atoms with E-state index >= 15 is 0 Å². The minimum Gasteiger partial charge on any atom is -0.315 e. The van der Waals surface area contributed by atoms with Gasteiger partial charge in [0.2, 0.25) is 15.9 Å². The van der Waals surface area contributed by atoms with Gasteiger partial charge in [0, 0.05) is 25.8 Å². The van der Waals surface area contributed by atoms with E-state index in [1.54, 1.807) is 24.1 Å². The third kappa shape index (κ3) is 4.23. The quantitative estimate of drug-likeness (QED) is 0.604. The number of hydrogen-bond acceptors (Lipinski definition) is 3. The molecular formula is C25H28N2O3S. The molecule has 6 heteroatoms. The van der Waals surface area contributed by atoms with Gasteiger partial charge in [-0.3, -0.25) is 4.79 Å². The smallest absolute Gasteiger partial charge is 0.243 e. The topological polar surface area (TPSA) is 57.7 Å². The summed E-state index contributed by atoms with van der Waals surface area (Å²) in [6, 6.07) is 18.9. The fourth-order valence-electron chi connectivity index (χ4n) is 4.17. The standard InChI is InChI=1S/C25H28N2O3S/c1-18-10-12-23(15-19(18)2)26(3)25(28)22-9-6-14-27(17-22)31(29,30)24-13-11-20-7-4-5-8-21(20)16-24/h4-5,7-8,10-13,15-16,22H,6,9,14,17H2,1-3H3. The molecule has 1 aliphatic rings. The van der Waals surface area contributed by atoms with Gasteiger partial charge in [-0.25, -0.2) is 8.42 Å². The molecule has 5 nitrogen and oxygen atoms in total. The lowest BCUT2D eigenvalue weighted by atomic mass is 9.98. The van der Waals surface area contributed by atoms with Crippen LogP contribution >= 0.6 is 0 Å². The first kappa shape index (κ1) is 21.5. The number of carbonyl (C=O) groups is 1. The highest BCUT2D eigenvalue weighted by Gasteiger charge is 2.34. The van der Waals surface area contributed by atoms with Crippen LogP contribution in [-0.2, 0) is 14.8 Å². The van der Waals surface area contributed by atoms with Gasteiger partial charge in [0.15, 0.2) is 0 Å². The molecule has 3 aromatic rings. The maximum absolute atomic E-state index is 13.3. The van der Waals surface area contributed by atoms with Gasteiger partial charge in [0.1, 0.15) is 0 Å². The van der Waals surface area contributed by atoms with Crippen molar-refractivity contribution in [2.75, 3.05) is 25.0 Å². The fourth-order valence-corrected chi connectivity index (χ4v) is 5.73. The van der Waals surface area contributed by atoms with Crippen LogP contribution < -0.4 is 4.90 Å². The lowest BCUT2D eigenvalue weighted by molar-refractivity contribution is -0.123. The molecule has 0 bridgehead atoms. The summed E-state index contributed by atoms with van der Waals surface area (Å²) in [7, 11) is -1.89. The van der Waals surface area contributed by atoms with Crippen molar-refractivity contribution < 1.29 is 13.2 Å². The summed E-state index contributed by atoms with van der Waals surface area (Å²) in [6.45, 7) is 4.71. The molecule has 0 N–H and O–H groups in total. The minimum absolute atomic E-state index is 0.0401. The van der Waals surface area contributed by atoms with Gasteiger partial charge in [0.25, 0.3) is 0 Å². The summed E-state index contributed by atoms with van der Waals surface area (Å²) in [6.07, 6.45) is 1.36. The fraction of sp³-hybridized carbons (Fsp3) is 0.320. The number of carbonyl (C=O) groups excluding carboxylic acids is 1. The molecule has 0 aliphatic carbocycles. The molecule has 0 spiro atoms. The lowest BCUT2D eigenvalue weighted by Gasteiger charge is -2.33. The summed E-state index contributed by atoms with van der Waals surface area (Å²) in [5, 5.41) is 1.89. The number of fused-ring (bicyclic) bond motifs is 1. The number of amides is 1. The maximum Gasteiger partial charge on any atom is 0.243 e. The third-order valence-electron chi connectivity index (χ3n) is 6.30. The van der Waals surface area contributed by atoms with Crippen LogP contribution in [0.25, 0.3) is 10.8 Å². The Morgan fingerprint density at radius 3 is 2.45 bits per heavy atom.